The van der Waals surface area contributed by atoms with E-state index < -0.39 is 11.6 Å². The van der Waals surface area contributed by atoms with Crippen LogP contribution >= 0.6 is 0 Å². The highest BCUT2D eigenvalue weighted by atomic mass is 17.1. The van der Waals surface area contributed by atoms with E-state index in [1.165, 1.54) is 0 Å². The molecule has 0 aliphatic rings. The first-order valence-corrected chi connectivity index (χ1v) is 14.4. The van der Waals surface area contributed by atoms with Crippen molar-refractivity contribution in [2.24, 2.45) is 0 Å². The van der Waals surface area contributed by atoms with Gasteiger partial charge >= 0.3 is 5.97 Å². The molecule has 13 nitrogen and oxygen atoms in total. The Hall–Kier alpha value is -4.79. The van der Waals surface area contributed by atoms with E-state index in [2.05, 4.69) is 25.5 Å². The van der Waals surface area contributed by atoms with Gasteiger partial charge in [0.2, 0.25) is 5.82 Å². The van der Waals surface area contributed by atoms with Crippen LogP contribution < -0.4 is 0 Å². The van der Waals surface area contributed by atoms with E-state index in [0.717, 1.165) is 28.7 Å². The predicted octanol–water partition coefficient (Wildman–Crippen LogP) is 4.83. The molecule has 45 heavy (non-hydrogen) atoms. The Morgan fingerprint density at radius 1 is 0.956 bits per heavy atom. The predicted molar refractivity (Wildman–Crippen MR) is 161 cm³/mol. The Morgan fingerprint density at radius 2 is 1.67 bits per heavy atom. The Kier molecular flexibility index (Phi) is 9.76. The van der Waals surface area contributed by atoms with Crippen LogP contribution in [-0.2, 0) is 41.4 Å². The Bertz CT molecular complexity index is 1730. The summed E-state index contributed by atoms with van der Waals surface area (Å²) in [5.41, 5.74) is 4.05. The zero-order valence-corrected chi connectivity index (χ0v) is 25.2. The number of nitrogens with zero attached hydrogens (tertiary/aromatic N) is 6. The number of aliphatic hydroxyl groups is 1. The van der Waals surface area contributed by atoms with Crippen LogP contribution in [0.15, 0.2) is 72.8 Å². The Morgan fingerprint density at radius 3 is 2.31 bits per heavy atom. The molecule has 5 rings (SSSR count). The zero-order valence-electron chi connectivity index (χ0n) is 25.2. The van der Waals surface area contributed by atoms with Crippen molar-refractivity contribution in [2.75, 3.05) is 0 Å². The molecule has 4 N–H and O–H groups in total. The number of aromatic nitrogens is 6. The molecule has 0 saturated heterocycles. The number of carbonyl (C=O) groups excluding carboxylic acids is 1. The Balaban J connectivity index is 1.42. The highest BCUT2D eigenvalue weighted by Gasteiger charge is 2.32. The van der Waals surface area contributed by atoms with E-state index in [1.807, 2.05) is 60.0 Å². The number of hydrogen-bond donors (Lipinski definition) is 4. The van der Waals surface area contributed by atoms with E-state index in [4.69, 9.17) is 20.1 Å². The van der Waals surface area contributed by atoms with Gasteiger partial charge in [-0.05, 0) is 53.3 Å². The normalized spacial score (nSPS) is 11.7. The van der Waals surface area contributed by atoms with E-state index in [1.54, 1.807) is 38.1 Å². The molecular weight excluding hydrogens is 578 g/mol. The van der Waals surface area contributed by atoms with Gasteiger partial charge in [0.15, 0.2) is 5.69 Å². The summed E-state index contributed by atoms with van der Waals surface area (Å²) in [6.45, 7) is 5.41. The van der Waals surface area contributed by atoms with Gasteiger partial charge in [-0.3, -0.25) is 10.4 Å². The second-order valence-corrected chi connectivity index (χ2v) is 11.0. The number of rotatable bonds is 13. The number of imidazole rings is 1. The fourth-order valence-corrected chi connectivity index (χ4v) is 5.05. The van der Waals surface area contributed by atoms with Gasteiger partial charge in [-0.15, -0.1) is 10.2 Å². The second-order valence-electron chi connectivity index (χ2n) is 11.0. The third-order valence-corrected chi connectivity index (χ3v) is 7.12. The maximum Gasteiger partial charge on any atom is 0.357 e. The molecule has 0 unspecified atom stereocenters. The van der Waals surface area contributed by atoms with Gasteiger partial charge in [-0.25, -0.2) is 14.6 Å². The van der Waals surface area contributed by atoms with Crippen molar-refractivity contribution in [3.63, 3.8) is 0 Å². The van der Waals surface area contributed by atoms with Crippen molar-refractivity contribution in [3.05, 3.63) is 107 Å². The van der Waals surface area contributed by atoms with Gasteiger partial charge in [0.1, 0.15) is 23.7 Å². The number of H-pyrrole nitrogens is 1. The highest BCUT2D eigenvalue weighted by Crippen LogP contribution is 2.31. The number of nitrogens with one attached hydrogen (secondary N) is 1. The molecule has 0 aliphatic carbocycles. The lowest BCUT2D eigenvalue weighted by Crippen LogP contribution is -2.23. The molecule has 0 amide bonds. The number of carbonyl (C=O) groups is 1. The SMILES string of the molecule is CCCc1nc(C(C)(C)O)c(C(=O)OCc2cccc(CON(O)O)c2)n1Cc1ccc(-c2ccccc2-c2nn[nH]n2)cc1. The van der Waals surface area contributed by atoms with Gasteiger partial charge in [0, 0.05) is 18.5 Å². The number of aryl methyl sites for hydroxylation is 1. The number of hydrogen-bond acceptors (Lipinski definition) is 11. The smallest absolute Gasteiger partial charge is 0.357 e. The summed E-state index contributed by atoms with van der Waals surface area (Å²) in [5, 5.41) is 42.7. The summed E-state index contributed by atoms with van der Waals surface area (Å²) in [5.74, 6) is 0.553. The molecule has 234 valence electrons. The lowest BCUT2D eigenvalue weighted by Gasteiger charge is -2.18. The fraction of sp³-hybridized carbons (Fsp3) is 0.281. The minimum Gasteiger partial charge on any atom is -0.456 e. The number of benzene rings is 3. The van der Waals surface area contributed by atoms with E-state index in [0.29, 0.717) is 35.7 Å². The number of tetrazole rings is 1. The molecular formula is C32H35N7O6. The van der Waals surface area contributed by atoms with Crippen LogP contribution in [0.4, 0.5) is 0 Å². The Labute approximate surface area is 259 Å². The average Bonchev–Trinajstić information content (AvgIpc) is 3.69. The summed E-state index contributed by atoms with van der Waals surface area (Å²) in [4.78, 5) is 23.1. The maximum atomic E-state index is 13.7. The molecule has 0 spiro atoms. The van der Waals surface area contributed by atoms with Crippen LogP contribution in [-0.4, -0.2) is 57.1 Å². The molecule has 3 aromatic carbocycles. The number of esters is 1. The maximum absolute atomic E-state index is 13.7. The lowest BCUT2D eigenvalue weighted by molar-refractivity contribution is -0.497. The van der Waals surface area contributed by atoms with E-state index in [-0.39, 0.29) is 30.0 Å². The quantitative estimate of drug-likeness (QED) is 0.106. The lowest BCUT2D eigenvalue weighted by atomic mass is 9.98. The van der Waals surface area contributed by atoms with Gasteiger partial charge < -0.3 is 14.4 Å². The topological polar surface area (TPSA) is 172 Å². The minimum absolute atomic E-state index is 0.0529. The molecule has 0 bridgehead atoms. The van der Waals surface area contributed by atoms with Crippen LogP contribution in [0.2, 0.25) is 0 Å². The molecule has 2 aromatic heterocycles. The third-order valence-electron chi connectivity index (χ3n) is 7.12. The zero-order chi connectivity index (χ0) is 32.0. The molecule has 0 fully saturated rings. The van der Waals surface area contributed by atoms with Gasteiger partial charge in [0.25, 0.3) is 0 Å². The average molecular weight is 614 g/mol. The van der Waals surface area contributed by atoms with Crippen molar-refractivity contribution >= 4 is 5.97 Å². The monoisotopic (exact) mass is 613 g/mol. The van der Waals surface area contributed by atoms with Crippen molar-refractivity contribution < 1.29 is 29.9 Å². The van der Waals surface area contributed by atoms with Crippen LogP contribution in [0.25, 0.3) is 22.5 Å². The second kappa shape index (κ2) is 13.9. The number of aromatic amines is 1. The third kappa shape index (κ3) is 7.66. The summed E-state index contributed by atoms with van der Waals surface area (Å²) in [6, 6.07) is 22.8. The standard InChI is InChI=1S/C32H35N7O6/c1-4-8-27-33-29(32(2,3)41)28(31(40)44-19-22-9-7-10-23(17-22)20-45-39(42)43)38(27)18-21-13-15-24(16-14-21)25-11-5-6-12-26(25)30-34-36-37-35-30/h5-7,9-17,41-43H,4,8,18-20H2,1-3H3,(H,34,35,36,37). The molecule has 2 heterocycles. The largest absolute Gasteiger partial charge is 0.456 e. The molecule has 0 saturated carbocycles. The highest BCUT2D eigenvalue weighted by molar-refractivity contribution is 5.89. The van der Waals surface area contributed by atoms with Gasteiger partial charge in [-0.1, -0.05) is 79.7 Å². The van der Waals surface area contributed by atoms with Crippen LogP contribution in [0, 0.1) is 0 Å². The summed E-state index contributed by atoms with van der Waals surface area (Å²) >= 11 is 0. The number of ether oxygens (including phenoxy) is 1. The summed E-state index contributed by atoms with van der Waals surface area (Å²) in [7, 11) is 0. The molecule has 5 aromatic rings. The van der Waals surface area contributed by atoms with E-state index in [9.17, 15) is 9.90 Å². The van der Waals surface area contributed by atoms with Crippen LogP contribution in [0.3, 0.4) is 0 Å². The van der Waals surface area contributed by atoms with Crippen molar-refractivity contribution in [1.29, 1.82) is 0 Å². The first kappa shape index (κ1) is 31.6. The van der Waals surface area contributed by atoms with Crippen LogP contribution in [0.1, 0.15) is 65.9 Å². The van der Waals surface area contributed by atoms with Crippen molar-refractivity contribution in [2.45, 2.75) is 59.0 Å². The van der Waals surface area contributed by atoms with Crippen molar-refractivity contribution in [3.8, 4) is 22.5 Å². The van der Waals surface area contributed by atoms with Crippen LogP contribution in [0.5, 0.6) is 0 Å². The molecule has 0 radical (unpaired) electrons. The van der Waals surface area contributed by atoms with Gasteiger partial charge in [0.05, 0.1) is 12.0 Å². The summed E-state index contributed by atoms with van der Waals surface area (Å²) < 4.78 is 7.57. The summed E-state index contributed by atoms with van der Waals surface area (Å²) in [6.07, 6.45) is 1.39. The van der Waals surface area contributed by atoms with E-state index >= 15 is 0 Å². The first-order chi connectivity index (χ1) is 21.6. The fourth-order valence-electron chi connectivity index (χ4n) is 5.05. The molecule has 13 heteroatoms. The minimum atomic E-state index is -1.40. The van der Waals surface area contributed by atoms with Gasteiger partial charge in [-0.2, -0.15) is 5.21 Å². The molecule has 0 atom stereocenters. The van der Waals surface area contributed by atoms with Crippen molar-refractivity contribution in [1.82, 2.24) is 35.6 Å². The molecule has 0 aliphatic heterocycles. The first-order valence-electron chi connectivity index (χ1n) is 14.4.